The molecular formula is C24H26ClF2N3O2. The minimum absolute atomic E-state index is 0. The lowest BCUT2D eigenvalue weighted by Gasteiger charge is -2.29. The van der Waals surface area contributed by atoms with E-state index in [0.29, 0.717) is 5.56 Å². The molecule has 0 aliphatic carbocycles. The highest BCUT2D eigenvalue weighted by molar-refractivity contribution is 5.98. The number of amides is 1. The van der Waals surface area contributed by atoms with Gasteiger partial charge in [-0.25, -0.2) is 8.78 Å². The Balaban J connectivity index is 0.00000289. The first kappa shape index (κ1) is 23.6. The molecule has 8 heteroatoms. The van der Waals surface area contributed by atoms with Gasteiger partial charge in [0.15, 0.2) is 11.6 Å². The van der Waals surface area contributed by atoms with Gasteiger partial charge < -0.3 is 20.4 Å². The summed E-state index contributed by atoms with van der Waals surface area (Å²) < 4.78 is 33.3. The van der Waals surface area contributed by atoms with Crippen molar-refractivity contribution in [3.05, 3.63) is 70.6 Å². The number of fused-ring (bicyclic) bond motifs is 2. The van der Waals surface area contributed by atoms with Crippen molar-refractivity contribution in [2.24, 2.45) is 5.73 Å². The zero-order chi connectivity index (χ0) is 22.0. The van der Waals surface area contributed by atoms with E-state index in [2.05, 4.69) is 9.88 Å². The second-order valence-electron chi connectivity index (χ2n) is 7.67. The maximum absolute atomic E-state index is 14.1. The Morgan fingerprint density at radius 2 is 2.03 bits per heavy atom. The van der Waals surface area contributed by atoms with E-state index in [4.69, 9.17) is 10.5 Å². The predicted molar refractivity (Wildman–Crippen MR) is 124 cm³/mol. The molecule has 0 spiro atoms. The van der Waals surface area contributed by atoms with Gasteiger partial charge in [0.2, 0.25) is 5.91 Å². The Bertz CT molecular complexity index is 1160. The monoisotopic (exact) mass is 461 g/mol. The van der Waals surface area contributed by atoms with E-state index in [1.54, 1.807) is 18.2 Å². The van der Waals surface area contributed by atoms with Crippen LogP contribution in [0.15, 0.2) is 42.2 Å². The minimum Gasteiger partial charge on any atom is -0.484 e. The number of nitrogens with one attached hydrogen (secondary N) is 1. The Kier molecular flexibility index (Phi) is 7.40. The molecule has 0 saturated carbocycles. The molecule has 0 saturated heterocycles. The Morgan fingerprint density at radius 1 is 1.22 bits per heavy atom. The van der Waals surface area contributed by atoms with Crippen LogP contribution in [0.25, 0.3) is 17.0 Å². The third kappa shape index (κ3) is 4.72. The molecule has 3 aromatic rings. The summed E-state index contributed by atoms with van der Waals surface area (Å²) in [4.78, 5) is 17.1. The van der Waals surface area contributed by atoms with E-state index in [1.807, 2.05) is 13.1 Å². The third-order valence-corrected chi connectivity index (χ3v) is 5.73. The van der Waals surface area contributed by atoms with Crippen LogP contribution in [0.1, 0.15) is 41.3 Å². The standard InChI is InChI=1S/C24H25F2N3O2.ClH/c1-2-29(10-4-3-5-15-13-28-22-9-6-16(25)11-19(15)22)17-12-20-18(24(27)30)7-8-21(26)23(20)31-14-17;/h6-9,11-13,28H,2-5,10,14H2,1H3,(H2,27,30);1H. The molecule has 2 aromatic carbocycles. The highest BCUT2D eigenvalue weighted by atomic mass is 35.5. The first-order chi connectivity index (χ1) is 15.0. The van der Waals surface area contributed by atoms with Gasteiger partial charge in [0.25, 0.3) is 0 Å². The van der Waals surface area contributed by atoms with Crippen molar-refractivity contribution in [3.8, 4) is 5.75 Å². The molecule has 4 rings (SSSR count). The van der Waals surface area contributed by atoms with Crippen LogP contribution in [-0.4, -0.2) is 35.5 Å². The number of primary amides is 1. The van der Waals surface area contributed by atoms with Gasteiger partial charge in [-0.3, -0.25) is 4.79 Å². The van der Waals surface area contributed by atoms with E-state index in [0.717, 1.165) is 54.5 Å². The Hall–Kier alpha value is -3.06. The number of ether oxygens (including phenoxy) is 1. The SMILES string of the molecule is CCN(CCCCc1c[nH]c2ccc(F)cc12)C1=Cc2c(C(N)=O)ccc(F)c2OC1.Cl. The number of halogens is 3. The number of H-pyrrole nitrogens is 1. The summed E-state index contributed by atoms with van der Waals surface area (Å²) in [6.07, 6.45) is 6.44. The van der Waals surface area contributed by atoms with Crippen LogP contribution in [-0.2, 0) is 6.42 Å². The van der Waals surface area contributed by atoms with Crippen molar-refractivity contribution >= 4 is 35.3 Å². The van der Waals surface area contributed by atoms with Gasteiger partial charge in [0.1, 0.15) is 12.4 Å². The largest absolute Gasteiger partial charge is 0.484 e. The molecule has 170 valence electrons. The average molecular weight is 462 g/mol. The van der Waals surface area contributed by atoms with Crippen LogP contribution in [0.4, 0.5) is 8.78 Å². The quantitative estimate of drug-likeness (QED) is 0.461. The zero-order valence-corrected chi connectivity index (χ0v) is 18.6. The van der Waals surface area contributed by atoms with E-state index < -0.39 is 11.7 Å². The lowest BCUT2D eigenvalue weighted by atomic mass is 10.0. The summed E-state index contributed by atoms with van der Waals surface area (Å²) in [6, 6.07) is 7.36. The molecule has 2 heterocycles. The van der Waals surface area contributed by atoms with Gasteiger partial charge in [-0.1, -0.05) is 0 Å². The number of hydrogen-bond acceptors (Lipinski definition) is 3. The van der Waals surface area contributed by atoms with Gasteiger partial charge in [-0.15, -0.1) is 12.4 Å². The molecule has 1 aliphatic heterocycles. The number of aromatic amines is 1. The Morgan fingerprint density at radius 3 is 2.78 bits per heavy atom. The molecular weight excluding hydrogens is 436 g/mol. The topological polar surface area (TPSA) is 71.3 Å². The van der Waals surface area contributed by atoms with Crippen LogP contribution >= 0.6 is 12.4 Å². The van der Waals surface area contributed by atoms with Crippen LogP contribution in [0.2, 0.25) is 0 Å². The smallest absolute Gasteiger partial charge is 0.249 e. The van der Waals surface area contributed by atoms with E-state index in [-0.39, 0.29) is 36.1 Å². The Labute approximate surface area is 191 Å². The number of carbonyl (C=O) groups is 1. The first-order valence-corrected chi connectivity index (χ1v) is 10.4. The number of benzene rings is 2. The number of likely N-dealkylation sites (N-methyl/N-ethyl adjacent to an activating group) is 1. The number of rotatable bonds is 8. The highest BCUT2D eigenvalue weighted by Crippen LogP contribution is 2.33. The molecule has 0 fully saturated rings. The number of aromatic nitrogens is 1. The van der Waals surface area contributed by atoms with E-state index in [1.165, 1.54) is 18.2 Å². The normalized spacial score (nSPS) is 12.5. The average Bonchev–Trinajstić information content (AvgIpc) is 3.15. The molecule has 0 unspecified atom stereocenters. The summed E-state index contributed by atoms with van der Waals surface area (Å²) in [6.45, 7) is 3.82. The van der Waals surface area contributed by atoms with Crippen molar-refractivity contribution in [2.75, 3.05) is 19.7 Å². The van der Waals surface area contributed by atoms with Crippen molar-refractivity contribution in [3.63, 3.8) is 0 Å². The van der Waals surface area contributed by atoms with E-state index in [9.17, 15) is 13.6 Å². The van der Waals surface area contributed by atoms with Crippen LogP contribution in [0, 0.1) is 11.6 Å². The lowest BCUT2D eigenvalue weighted by molar-refractivity contribution is 0.0999. The van der Waals surface area contributed by atoms with Crippen molar-refractivity contribution in [1.29, 1.82) is 0 Å². The van der Waals surface area contributed by atoms with Gasteiger partial charge in [0, 0.05) is 35.8 Å². The fourth-order valence-corrected chi connectivity index (χ4v) is 4.10. The maximum atomic E-state index is 14.1. The van der Waals surface area contributed by atoms with Gasteiger partial charge >= 0.3 is 0 Å². The fraction of sp³-hybridized carbons (Fsp3) is 0.292. The number of nitrogens with zero attached hydrogens (tertiary/aromatic N) is 1. The first-order valence-electron chi connectivity index (χ1n) is 10.4. The maximum Gasteiger partial charge on any atom is 0.249 e. The van der Waals surface area contributed by atoms with Crippen molar-refractivity contribution in [2.45, 2.75) is 26.2 Å². The molecule has 32 heavy (non-hydrogen) atoms. The molecule has 0 radical (unpaired) electrons. The highest BCUT2D eigenvalue weighted by Gasteiger charge is 2.23. The molecule has 5 nitrogen and oxygen atoms in total. The van der Waals surface area contributed by atoms with Crippen LogP contribution < -0.4 is 10.5 Å². The fourth-order valence-electron chi connectivity index (χ4n) is 4.10. The summed E-state index contributed by atoms with van der Waals surface area (Å²) >= 11 is 0. The molecule has 1 amide bonds. The van der Waals surface area contributed by atoms with Crippen LogP contribution in [0.3, 0.4) is 0 Å². The second-order valence-corrected chi connectivity index (χ2v) is 7.67. The molecule has 1 aromatic heterocycles. The van der Waals surface area contributed by atoms with Gasteiger partial charge in [0.05, 0.1) is 11.3 Å². The van der Waals surface area contributed by atoms with E-state index >= 15 is 0 Å². The minimum atomic E-state index is -0.615. The summed E-state index contributed by atoms with van der Waals surface area (Å²) in [5.74, 6) is -1.28. The molecule has 0 atom stereocenters. The second kappa shape index (κ2) is 10.0. The summed E-state index contributed by atoms with van der Waals surface area (Å²) in [5, 5.41) is 0.924. The number of hydrogen-bond donors (Lipinski definition) is 2. The molecule has 3 N–H and O–H groups in total. The lowest BCUT2D eigenvalue weighted by Crippen LogP contribution is -2.29. The van der Waals surface area contributed by atoms with Crippen LogP contribution in [0.5, 0.6) is 5.75 Å². The third-order valence-electron chi connectivity index (χ3n) is 5.73. The van der Waals surface area contributed by atoms with Gasteiger partial charge in [-0.05, 0) is 68.2 Å². The predicted octanol–water partition coefficient (Wildman–Crippen LogP) is 5.04. The number of aryl methyl sites for hydroxylation is 1. The summed E-state index contributed by atoms with van der Waals surface area (Å²) in [5.41, 5.74) is 9.02. The number of nitrogens with two attached hydrogens (primary N) is 1. The molecule has 1 aliphatic rings. The number of carbonyl (C=O) groups excluding carboxylic acids is 1. The van der Waals surface area contributed by atoms with Crippen molar-refractivity contribution < 1.29 is 18.3 Å². The zero-order valence-electron chi connectivity index (χ0n) is 17.8. The molecule has 0 bridgehead atoms. The summed E-state index contributed by atoms with van der Waals surface area (Å²) in [7, 11) is 0. The van der Waals surface area contributed by atoms with Gasteiger partial charge in [-0.2, -0.15) is 0 Å². The number of unbranched alkanes of at least 4 members (excludes halogenated alkanes) is 1. The van der Waals surface area contributed by atoms with Crippen molar-refractivity contribution in [1.82, 2.24) is 9.88 Å².